The highest BCUT2D eigenvalue weighted by Gasteiger charge is 2.33. The van der Waals surface area contributed by atoms with Gasteiger partial charge in [0.2, 0.25) is 0 Å². The standard InChI is InChI=1S/C22H28N4O4.ClH/c1-3-25(29)13-11-23-17-9-10-18(24-12-14-26(30)4-2)20-19(17)21(27)15-7-5-6-8-16(15)22(20)28;/h5-10,23-24,29-30H,3-4,11-14H2,1-2H3;1H. The fourth-order valence-electron chi connectivity index (χ4n) is 3.47. The molecule has 0 saturated carbocycles. The van der Waals surface area contributed by atoms with E-state index in [4.69, 9.17) is 0 Å². The van der Waals surface area contributed by atoms with Gasteiger partial charge >= 0.3 is 0 Å². The molecule has 168 valence electrons. The molecule has 1 aliphatic rings. The maximum absolute atomic E-state index is 13.3. The topological polar surface area (TPSA) is 105 Å². The highest BCUT2D eigenvalue weighted by atomic mass is 35.5. The molecule has 0 saturated heterocycles. The van der Waals surface area contributed by atoms with Crippen molar-refractivity contribution in [1.82, 2.24) is 10.1 Å². The summed E-state index contributed by atoms with van der Waals surface area (Å²) < 4.78 is 0. The van der Waals surface area contributed by atoms with Crippen LogP contribution >= 0.6 is 12.4 Å². The second kappa shape index (κ2) is 11.2. The van der Waals surface area contributed by atoms with E-state index in [1.165, 1.54) is 10.1 Å². The lowest BCUT2D eigenvalue weighted by Gasteiger charge is -2.24. The van der Waals surface area contributed by atoms with Gasteiger partial charge in [0.25, 0.3) is 0 Å². The Morgan fingerprint density at radius 3 is 1.48 bits per heavy atom. The van der Waals surface area contributed by atoms with Crippen LogP contribution in [-0.2, 0) is 0 Å². The molecule has 0 spiro atoms. The zero-order chi connectivity index (χ0) is 21.7. The van der Waals surface area contributed by atoms with Crippen LogP contribution in [0.1, 0.15) is 45.7 Å². The predicted octanol–water partition coefficient (Wildman–Crippen LogP) is 3.13. The van der Waals surface area contributed by atoms with E-state index in [-0.39, 0.29) is 24.0 Å². The van der Waals surface area contributed by atoms with E-state index < -0.39 is 0 Å². The van der Waals surface area contributed by atoms with Crippen LogP contribution in [0.4, 0.5) is 11.4 Å². The van der Waals surface area contributed by atoms with Crippen molar-refractivity contribution in [3.8, 4) is 0 Å². The van der Waals surface area contributed by atoms with Crippen LogP contribution in [-0.4, -0.2) is 71.4 Å². The number of fused-ring (bicyclic) bond motifs is 2. The van der Waals surface area contributed by atoms with E-state index >= 15 is 0 Å². The second-order valence-corrected chi connectivity index (χ2v) is 7.06. The molecule has 2 aromatic carbocycles. The van der Waals surface area contributed by atoms with Gasteiger partial charge in [-0.15, -0.1) is 12.4 Å². The minimum absolute atomic E-state index is 0. The van der Waals surface area contributed by atoms with Gasteiger partial charge in [0.05, 0.1) is 11.1 Å². The van der Waals surface area contributed by atoms with Gasteiger partial charge in [0, 0.05) is 61.8 Å². The normalized spacial score (nSPS) is 12.5. The Labute approximate surface area is 188 Å². The van der Waals surface area contributed by atoms with E-state index in [9.17, 15) is 20.0 Å². The molecule has 0 heterocycles. The molecule has 0 atom stereocenters. The Balaban J connectivity index is 0.00000341. The summed E-state index contributed by atoms with van der Waals surface area (Å²) in [5, 5.41) is 28.0. The third-order valence-corrected chi connectivity index (χ3v) is 5.18. The first-order valence-corrected chi connectivity index (χ1v) is 10.2. The molecular formula is C22H29ClN4O4. The molecular weight excluding hydrogens is 420 g/mol. The molecule has 0 aromatic heterocycles. The fourth-order valence-corrected chi connectivity index (χ4v) is 3.47. The number of anilines is 2. The number of carbonyl (C=O) groups is 2. The molecule has 31 heavy (non-hydrogen) atoms. The molecule has 9 heteroatoms. The van der Waals surface area contributed by atoms with E-state index in [0.717, 1.165) is 0 Å². The molecule has 0 fully saturated rings. The summed E-state index contributed by atoms with van der Waals surface area (Å²) in [5.41, 5.74) is 2.57. The lowest BCUT2D eigenvalue weighted by molar-refractivity contribution is -0.0825. The van der Waals surface area contributed by atoms with Crippen molar-refractivity contribution in [1.29, 1.82) is 0 Å². The number of carbonyl (C=O) groups excluding carboxylic acids is 2. The van der Waals surface area contributed by atoms with Crippen LogP contribution in [0.5, 0.6) is 0 Å². The number of nitrogens with one attached hydrogen (secondary N) is 2. The minimum Gasteiger partial charge on any atom is -0.383 e. The number of benzene rings is 2. The highest BCUT2D eigenvalue weighted by Crippen LogP contribution is 2.36. The molecule has 0 bridgehead atoms. The first kappa shape index (κ1) is 24.8. The first-order valence-electron chi connectivity index (χ1n) is 10.2. The summed E-state index contributed by atoms with van der Waals surface area (Å²) >= 11 is 0. The molecule has 0 unspecified atom stereocenters. The molecule has 8 nitrogen and oxygen atoms in total. The smallest absolute Gasteiger partial charge is 0.196 e. The van der Waals surface area contributed by atoms with Crippen LogP contribution in [0.3, 0.4) is 0 Å². The average molecular weight is 449 g/mol. The van der Waals surface area contributed by atoms with Gasteiger partial charge in [0.15, 0.2) is 11.6 Å². The number of nitrogens with zero attached hydrogens (tertiary/aromatic N) is 2. The maximum atomic E-state index is 13.3. The lowest BCUT2D eigenvalue weighted by atomic mass is 9.82. The number of likely N-dealkylation sites (N-methyl/N-ethyl adjacent to an activating group) is 2. The van der Waals surface area contributed by atoms with Gasteiger partial charge < -0.3 is 21.0 Å². The monoisotopic (exact) mass is 448 g/mol. The zero-order valence-corrected chi connectivity index (χ0v) is 18.5. The Kier molecular flexibility index (Phi) is 8.97. The van der Waals surface area contributed by atoms with E-state index in [2.05, 4.69) is 10.6 Å². The summed E-state index contributed by atoms with van der Waals surface area (Å²) in [6.07, 6.45) is 0. The number of hydroxylamine groups is 4. The van der Waals surface area contributed by atoms with Crippen LogP contribution < -0.4 is 10.6 Å². The first-order chi connectivity index (χ1) is 14.5. The molecule has 4 N–H and O–H groups in total. The molecule has 2 aromatic rings. The predicted molar refractivity (Wildman–Crippen MR) is 122 cm³/mol. The quantitative estimate of drug-likeness (QED) is 0.351. The summed E-state index contributed by atoms with van der Waals surface area (Å²) in [7, 11) is 0. The van der Waals surface area contributed by atoms with Crippen molar-refractivity contribution < 1.29 is 20.0 Å². The number of hydrogen-bond donors (Lipinski definition) is 4. The van der Waals surface area contributed by atoms with E-state index in [0.29, 0.717) is 72.9 Å². The van der Waals surface area contributed by atoms with Gasteiger partial charge in [-0.05, 0) is 12.1 Å². The van der Waals surface area contributed by atoms with E-state index in [1.54, 1.807) is 36.4 Å². The minimum atomic E-state index is -0.208. The maximum Gasteiger partial charge on any atom is 0.196 e. The van der Waals surface area contributed by atoms with Crippen LogP contribution in [0.25, 0.3) is 0 Å². The van der Waals surface area contributed by atoms with Crippen molar-refractivity contribution in [3.63, 3.8) is 0 Å². The second-order valence-electron chi connectivity index (χ2n) is 7.06. The number of hydrogen-bond acceptors (Lipinski definition) is 8. The number of rotatable bonds is 10. The Hall–Kier alpha value is -2.49. The van der Waals surface area contributed by atoms with Gasteiger partial charge in [-0.1, -0.05) is 38.1 Å². The van der Waals surface area contributed by atoms with Gasteiger partial charge in [-0.2, -0.15) is 10.1 Å². The van der Waals surface area contributed by atoms with Crippen molar-refractivity contribution >= 4 is 35.3 Å². The SMILES string of the molecule is CCN(O)CCNc1ccc(NCCN(O)CC)c2c1C(=O)c1ccccc1C2=O.Cl. The third-order valence-electron chi connectivity index (χ3n) is 5.18. The van der Waals surface area contributed by atoms with Crippen molar-refractivity contribution in [2.75, 3.05) is 49.9 Å². The Morgan fingerprint density at radius 1 is 0.742 bits per heavy atom. The molecule has 0 amide bonds. The van der Waals surface area contributed by atoms with Gasteiger partial charge in [0.1, 0.15) is 0 Å². The average Bonchev–Trinajstić information content (AvgIpc) is 2.77. The number of halogens is 1. The summed E-state index contributed by atoms with van der Waals surface area (Å²) in [5.74, 6) is -0.417. The fraction of sp³-hybridized carbons (Fsp3) is 0.364. The van der Waals surface area contributed by atoms with Crippen molar-refractivity contribution in [2.24, 2.45) is 0 Å². The van der Waals surface area contributed by atoms with Crippen molar-refractivity contribution in [2.45, 2.75) is 13.8 Å². The Bertz CT molecular complexity index is 864. The van der Waals surface area contributed by atoms with Crippen LogP contribution in [0, 0.1) is 0 Å². The number of ketones is 2. The molecule has 1 aliphatic carbocycles. The van der Waals surface area contributed by atoms with Crippen LogP contribution in [0.2, 0.25) is 0 Å². The molecule has 0 radical (unpaired) electrons. The summed E-state index contributed by atoms with van der Waals surface area (Å²) in [6, 6.07) is 10.4. The van der Waals surface area contributed by atoms with Gasteiger partial charge in [-0.3, -0.25) is 9.59 Å². The molecule has 0 aliphatic heterocycles. The summed E-state index contributed by atoms with van der Waals surface area (Å²) in [6.45, 7) is 6.27. The van der Waals surface area contributed by atoms with Crippen molar-refractivity contribution in [3.05, 3.63) is 58.7 Å². The van der Waals surface area contributed by atoms with E-state index in [1.807, 2.05) is 13.8 Å². The Morgan fingerprint density at radius 2 is 1.13 bits per heavy atom. The van der Waals surface area contributed by atoms with Crippen LogP contribution in [0.15, 0.2) is 36.4 Å². The largest absolute Gasteiger partial charge is 0.383 e. The van der Waals surface area contributed by atoms with Gasteiger partial charge in [-0.25, -0.2) is 0 Å². The lowest BCUT2D eigenvalue weighted by Crippen LogP contribution is -2.29. The molecule has 3 rings (SSSR count). The highest BCUT2D eigenvalue weighted by molar-refractivity contribution is 6.31. The third kappa shape index (κ3) is 5.41. The zero-order valence-electron chi connectivity index (χ0n) is 17.7. The summed E-state index contributed by atoms with van der Waals surface area (Å²) in [4.78, 5) is 26.6.